The maximum atomic E-state index is 14.9. The van der Waals surface area contributed by atoms with E-state index >= 15 is 0 Å². The highest BCUT2D eigenvalue weighted by molar-refractivity contribution is 7.89. The third-order valence-corrected chi connectivity index (χ3v) is 5.99. The maximum Gasteiger partial charge on any atom is 0.257 e. The predicted octanol–water partition coefficient (Wildman–Crippen LogP) is 3.01. The first-order valence-corrected chi connectivity index (χ1v) is 12.1. The number of hydrogen-bond donors (Lipinski definition) is 2. The van der Waals surface area contributed by atoms with Gasteiger partial charge in [0.2, 0.25) is 10.0 Å². The quantitative estimate of drug-likeness (QED) is 0.449. The molecule has 0 radical (unpaired) electrons. The molecule has 0 atom stereocenters. The van der Waals surface area contributed by atoms with Crippen molar-refractivity contribution in [1.82, 2.24) is 14.7 Å². The summed E-state index contributed by atoms with van der Waals surface area (Å²) in [6.45, 7) is 1.87. The van der Waals surface area contributed by atoms with Gasteiger partial charge in [0.1, 0.15) is 11.5 Å². The SMILES string of the molecule is Cc1cccc(Cc2cc(CN(CCO)CC(C)(F)F)nn2-c2ccc(S(N)(=O)=O)cc2F)c1. The van der Waals surface area contributed by atoms with Crippen molar-refractivity contribution < 1.29 is 26.7 Å². The van der Waals surface area contributed by atoms with Gasteiger partial charge in [0, 0.05) is 32.1 Å². The van der Waals surface area contributed by atoms with Crippen molar-refractivity contribution in [2.24, 2.45) is 5.14 Å². The standard InChI is InChI=1S/C23H27F3N4O3S/c1-16-4-3-5-17(10-16)11-19-12-18(14-29(8-9-31)15-23(2,25)26)28-30(19)22-7-6-20(13-21(22)24)34(27,32)33/h3-7,10,12-13,31H,8-9,11,14-15H2,1-2H3,(H2,27,32,33). The van der Waals surface area contributed by atoms with E-state index in [1.807, 2.05) is 31.2 Å². The number of rotatable bonds is 10. The van der Waals surface area contributed by atoms with Crippen molar-refractivity contribution in [3.05, 3.63) is 76.9 Å². The molecular formula is C23H27F3N4O3S. The zero-order chi connectivity index (χ0) is 25.1. The molecule has 34 heavy (non-hydrogen) atoms. The Morgan fingerprint density at radius 3 is 2.50 bits per heavy atom. The molecule has 0 aliphatic carbocycles. The van der Waals surface area contributed by atoms with Crippen LogP contribution in [0.1, 0.15) is 29.4 Å². The highest BCUT2D eigenvalue weighted by Gasteiger charge is 2.26. The van der Waals surface area contributed by atoms with Crippen LogP contribution in [-0.2, 0) is 23.0 Å². The number of nitrogens with two attached hydrogens (primary N) is 1. The molecule has 0 amide bonds. The summed E-state index contributed by atoms with van der Waals surface area (Å²) in [7, 11) is -4.09. The highest BCUT2D eigenvalue weighted by atomic mass is 32.2. The van der Waals surface area contributed by atoms with E-state index < -0.39 is 28.3 Å². The molecule has 0 saturated carbocycles. The van der Waals surface area contributed by atoms with Crippen molar-refractivity contribution >= 4 is 10.0 Å². The minimum atomic E-state index is -4.09. The smallest absolute Gasteiger partial charge is 0.257 e. The Bertz CT molecular complexity index is 1260. The molecule has 11 heteroatoms. The van der Waals surface area contributed by atoms with Crippen LogP contribution in [0.4, 0.5) is 13.2 Å². The summed E-state index contributed by atoms with van der Waals surface area (Å²) >= 11 is 0. The number of primary sulfonamides is 1. The van der Waals surface area contributed by atoms with Gasteiger partial charge >= 0.3 is 0 Å². The lowest BCUT2D eigenvalue weighted by molar-refractivity contribution is -0.0201. The van der Waals surface area contributed by atoms with E-state index in [1.54, 1.807) is 6.07 Å². The molecular weight excluding hydrogens is 469 g/mol. The summed E-state index contributed by atoms with van der Waals surface area (Å²) in [5.74, 6) is -3.82. The minimum Gasteiger partial charge on any atom is -0.395 e. The lowest BCUT2D eigenvalue weighted by Gasteiger charge is -2.23. The fraction of sp³-hybridized carbons (Fsp3) is 0.348. The third-order valence-electron chi connectivity index (χ3n) is 5.08. The highest BCUT2D eigenvalue weighted by Crippen LogP contribution is 2.23. The number of sulfonamides is 1. The van der Waals surface area contributed by atoms with Gasteiger partial charge in [-0.1, -0.05) is 29.8 Å². The van der Waals surface area contributed by atoms with Crippen LogP contribution in [0.25, 0.3) is 5.69 Å². The lowest BCUT2D eigenvalue weighted by Crippen LogP contribution is -2.36. The first-order chi connectivity index (χ1) is 15.9. The number of alkyl halides is 2. The molecule has 0 saturated heterocycles. The molecule has 2 aromatic carbocycles. The van der Waals surface area contributed by atoms with Gasteiger partial charge in [0.25, 0.3) is 5.92 Å². The van der Waals surface area contributed by atoms with E-state index in [-0.39, 0.29) is 30.3 Å². The van der Waals surface area contributed by atoms with Gasteiger partial charge < -0.3 is 5.11 Å². The van der Waals surface area contributed by atoms with E-state index in [0.29, 0.717) is 17.8 Å². The van der Waals surface area contributed by atoms with Gasteiger partial charge in [0.05, 0.1) is 23.7 Å². The van der Waals surface area contributed by atoms with Crippen molar-refractivity contribution in [2.45, 2.75) is 37.6 Å². The molecule has 0 aliphatic rings. The molecule has 3 aromatic rings. The number of aryl methyl sites for hydroxylation is 1. The first-order valence-electron chi connectivity index (χ1n) is 10.5. The molecule has 3 N–H and O–H groups in total. The summed E-state index contributed by atoms with van der Waals surface area (Å²) in [6, 6.07) is 12.6. The van der Waals surface area contributed by atoms with Crippen LogP contribution >= 0.6 is 0 Å². The Hall–Kier alpha value is -2.73. The van der Waals surface area contributed by atoms with E-state index in [4.69, 9.17) is 5.14 Å². The number of aromatic nitrogens is 2. The van der Waals surface area contributed by atoms with Crippen LogP contribution in [0.15, 0.2) is 53.4 Å². The Labute approximate surface area is 196 Å². The van der Waals surface area contributed by atoms with Crippen LogP contribution in [0.3, 0.4) is 0 Å². The second-order valence-corrected chi connectivity index (χ2v) is 9.93. The number of aliphatic hydroxyl groups is 1. The number of benzene rings is 2. The molecule has 0 aliphatic heterocycles. The van der Waals surface area contributed by atoms with Crippen LogP contribution in [0, 0.1) is 12.7 Å². The Morgan fingerprint density at radius 1 is 1.18 bits per heavy atom. The Morgan fingerprint density at radius 2 is 1.91 bits per heavy atom. The molecule has 1 heterocycles. The van der Waals surface area contributed by atoms with Gasteiger partial charge in [-0.3, -0.25) is 4.90 Å². The van der Waals surface area contributed by atoms with Crippen molar-refractivity contribution in [2.75, 3.05) is 19.7 Å². The van der Waals surface area contributed by atoms with E-state index in [2.05, 4.69) is 5.10 Å². The van der Waals surface area contributed by atoms with Crippen LogP contribution in [0.5, 0.6) is 0 Å². The summed E-state index contributed by atoms with van der Waals surface area (Å²) in [5.41, 5.74) is 2.94. The maximum absolute atomic E-state index is 14.9. The third kappa shape index (κ3) is 6.89. The van der Waals surface area contributed by atoms with Gasteiger partial charge in [-0.15, -0.1) is 0 Å². The first kappa shape index (κ1) is 25.9. The largest absolute Gasteiger partial charge is 0.395 e. The molecule has 184 valence electrons. The number of hydrogen-bond acceptors (Lipinski definition) is 5. The van der Waals surface area contributed by atoms with E-state index in [0.717, 1.165) is 24.1 Å². The monoisotopic (exact) mass is 496 g/mol. The Balaban J connectivity index is 2.03. The van der Waals surface area contributed by atoms with Crippen LogP contribution < -0.4 is 5.14 Å². The summed E-state index contributed by atoms with van der Waals surface area (Å²) in [5, 5.41) is 18.8. The zero-order valence-corrected chi connectivity index (χ0v) is 19.7. The average molecular weight is 497 g/mol. The second-order valence-electron chi connectivity index (χ2n) is 8.37. The van der Waals surface area contributed by atoms with Crippen LogP contribution in [0.2, 0.25) is 0 Å². The van der Waals surface area contributed by atoms with Crippen molar-refractivity contribution in [1.29, 1.82) is 0 Å². The minimum absolute atomic E-state index is 0.00386. The summed E-state index contributed by atoms with van der Waals surface area (Å²) in [4.78, 5) is 0.990. The van der Waals surface area contributed by atoms with Gasteiger partial charge in [-0.2, -0.15) is 5.10 Å². The molecule has 0 spiro atoms. The summed E-state index contributed by atoms with van der Waals surface area (Å²) < 4.78 is 66.6. The number of nitrogens with zero attached hydrogens (tertiary/aromatic N) is 3. The topological polar surface area (TPSA) is 101 Å². The number of aliphatic hydroxyl groups excluding tert-OH is 1. The lowest BCUT2D eigenvalue weighted by atomic mass is 10.1. The second kappa shape index (κ2) is 10.3. The van der Waals surface area contributed by atoms with E-state index in [1.165, 1.54) is 21.7 Å². The van der Waals surface area contributed by atoms with Gasteiger partial charge in [-0.25, -0.2) is 31.4 Å². The molecule has 7 nitrogen and oxygen atoms in total. The molecule has 1 aromatic heterocycles. The van der Waals surface area contributed by atoms with Crippen molar-refractivity contribution in [3.8, 4) is 5.69 Å². The Kier molecular flexibility index (Phi) is 7.81. The van der Waals surface area contributed by atoms with Crippen molar-refractivity contribution in [3.63, 3.8) is 0 Å². The predicted molar refractivity (Wildman–Crippen MR) is 122 cm³/mol. The molecule has 0 unspecified atom stereocenters. The fourth-order valence-corrected chi connectivity index (χ4v) is 4.26. The average Bonchev–Trinajstić information content (AvgIpc) is 3.08. The fourth-order valence-electron chi connectivity index (χ4n) is 3.73. The van der Waals surface area contributed by atoms with Gasteiger partial charge in [0.15, 0.2) is 0 Å². The number of halogens is 3. The zero-order valence-electron chi connectivity index (χ0n) is 18.9. The normalized spacial score (nSPS) is 12.5. The van der Waals surface area contributed by atoms with Gasteiger partial charge in [-0.05, 0) is 36.8 Å². The molecule has 0 fully saturated rings. The van der Waals surface area contributed by atoms with E-state index in [9.17, 15) is 26.7 Å². The van der Waals surface area contributed by atoms with Crippen LogP contribution in [-0.4, -0.2) is 53.8 Å². The summed E-state index contributed by atoms with van der Waals surface area (Å²) in [6.07, 6.45) is 0.370. The molecule has 0 bridgehead atoms. The molecule has 3 rings (SSSR count).